The number of nitrogens with one attached hydrogen (secondary N) is 1. The van der Waals surface area contributed by atoms with E-state index in [9.17, 15) is 4.39 Å². The standard InChI is InChI=1S/C18H17Br2FN4/c1-10-16(13-7-6-12(21)8-15(13)20)18(25(2)24-10)23-17-11(9-22)4-3-5-14(17)19/h3-8,23H,9,22H2,1-2H3. The van der Waals surface area contributed by atoms with Crippen LogP contribution in [0.15, 0.2) is 45.3 Å². The molecule has 3 aromatic rings. The third-order valence-corrected chi connectivity index (χ3v) is 5.30. The maximum Gasteiger partial charge on any atom is 0.136 e. The van der Waals surface area contributed by atoms with Crippen LogP contribution in [-0.4, -0.2) is 9.78 Å². The molecule has 1 aromatic heterocycles. The molecule has 0 saturated carbocycles. The summed E-state index contributed by atoms with van der Waals surface area (Å²) in [5.41, 5.74) is 10.4. The number of halogens is 3. The predicted molar refractivity (Wildman–Crippen MR) is 106 cm³/mol. The van der Waals surface area contributed by atoms with Crippen molar-refractivity contribution in [1.82, 2.24) is 9.78 Å². The van der Waals surface area contributed by atoms with Crippen molar-refractivity contribution in [1.29, 1.82) is 0 Å². The number of hydrogen-bond donors (Lipinski definition) is 2. The van der Waals surface area contributed by atoms with Crippen LogP contribution < -0.4 is 11.1 Å². The van der Waals surface area contributed by atoms with Gasteiger partial charge < -0.3 is 11.1 Å². The minimum atomic E-state index is -0.289. The lowest BCUT2D eigenvalue weighted by molar-refractivity contribution is 0.627. The SMILES string of the molecule is Cc1nn(C)c(Nc2c(Br)cccc2CN)c1-c1ccc(F)cc1Br. The summed E-state index contributed by atoms with van der Waals surface area (Å²) < 4.78 is 16.9. The number of nitrogens with two attached hydrogens (primary N) is 1. The third kappa shape index (κ3) is 3.49. The van der Waals surface area contributed by atoms with E-state index in [1.165, 1.54) is 12.1 Å². The molecule has 2 aromatic carbocycles. The minimum Gasteiger partial charge on any atom is -0.339 e. The van der Waals surface area contributed by atoms with Gasteiger partial charge in [-0.25, -0.2) is 4.39 Å². The molecule has 25 heavy (non-hydrogen) atoms. The summed E-state index contributed by atoms with van der Waals surface area (Å²) in [7, 11) is 1.87. The molecule has 3 rings (SSSR count). The second-order valence-corrected chi connectivity index (χ2v) is 7.37. The number of hydrogen-bond acceptors (Lipinski definition) is 3. The Labute approximate surface area is 162 Å². The molecule has 0 aliphatic carbocycles. The molecule has 0 amide bonds. The van der Waals surface area contributed by atoms with Gasteiger partial charge in [-0.05, 0) is 46.6 Å². The number of rotatable bonds is 4. The molecule has 0 aliphatic heterocycles. The van der Waals surface area contributed by atoms with Crippen LogP contribution in [0.5, 0.6) is 0 Å². The lowest BCUT2D eigenvalue weighted by Gasteiger charge is -2.15. The van der Waals surface area contributed by atoms with Crippen LogP contribution in [-0.2, 0) is 13.6 Å². The van der Waals surface area contributed by atoms with Gasteiger partial charge >= 0.3 is 0 Å². The normalized spacial score (nSPS) is 11.0. The minimum absolute atomic E-state index is 0.289. The number of anilines is 2. The largest absolute Gasteiger partial charge is 0.339 e. The number of benzene rings is 2. The zero-order valence-electron chi connectivity index (χ0n) is 13.8. The van der Waals surface area contributed by atoms with Crippen LogP contribution in [0.1, 0.15) is 11.3 Å². The maximum absolute atomic E-state index is 13.5. The highest BCUT2D eigenvalue weighted by molar-refractivity contribution is 9.11. The zero-order chi connectivity index (χ0) is 18.1. The quantitative estimate of drug-likeness (QED) is 0.550. The van der Waals surface area contributed by atoms with Crippen molar-refractivity contribution in [3.63, 3.8) is 0 Å². The van der Waals surface area contributed by atoms with E-state index in [1.54, 1.807) is 10.7 Å². The predicted octanol–water partition coefficient (Wildman–Crippen LogP) is 5.26. The lowest BCUT2D eigenvalue weighted by atomic mass is 10.1. The zero-order valence-corrected chi connectivity index (χ0v) is 16.9. The van der Waals surface area contributed by atoms with Gasteiger partial charge in [0.15, 0.2) is 0 Å². The Kier molecular flexibility index (Phi) is 5.27. The Morgan fingerprint density at radius 1 is 1.20 bits per heavy atom. The molecule has 0 aliphatic rings. The van der Waals surface area contributed by atoms with Crippen molar-refractivity contribution in [3.05, 3.63) is 62.4 Å². The van der Waals surface area contributed by atoms with E-state index in [2.05, 4.69) is 42.3 Å². The number of nitrogens with zero attached hydrogens (tertiary/aromatic N) is 2. The molecule has 0 atom stereocenters. The number of para-hydroxylation sites is 1. The van der Waals surface area contributed by atoms with Crippen LogP contribution in [0.2, 0.25) is 0 Å². The van der Waals surface area contributed by atoms with Crippen molar-refractivity contribution < 1.29 is 4.39 Å². The van der Waals surface area contributed by atoms with E-state index >= 15 is 0 Å². The second-order valence-electron chi connectivity index (χ2n) is 5.66. The number of aryl methyl sites for hydroxylation is 2. The van der Waals surface area contributed by atoms with Gasteiger partial charge in [0.1, 0.15) is 11.6 Å². The maximum atomic E-state index is 13.5. The van der Waals surface area contributed by atoms with E-state index in [0.29, 0.717) is 11.0 Å². The molecule has 0 spiro atoms. The molecular formula is C18H17Br2FN4. The smallest absolute Gasteiger partial charge is 0.136 e. The van der Waals surface area contributed by atoms with Crippen molar-refractivity contribution in [2.75, 3.05) is 5.32 Å². The van der Waals surface area contributed by atoms with Gasteiger partial charge in [-0.3, -0.25) is 4.68 Å². The van der Waals surface area contributed by atoms with Gasteiger partial charge in [-0.2, -0.15) is 5.10 Å². The summed E-state index contributed by atoms with van der Waals surface area (Å²) >= 11 is 7.03. The Hall–Kier alpha value is -1.70. The van der Waals surface area contributed by atoms with Gasteiger partial charge in [0, 0.05) is 33.7 Å². The average molecular weight is 468 g/mol. The van der Waals surface area contributed by atoms with E-state index in [-0.39, 0.29) is 5.82 Å². The molecule has 0 radical (unpaired) electrons. The topological polar surface area (TPSA) is 55.9 Å². The first-order chi connectivity index (χ1) is 11.9. The van der Waals surface area contributed by atoms with Crippen molar-refractivity contribution >= 4 is 43.4 Å². The molecule has 1 heterocycles. The Bertz CT molecular complexity index is 937. The van der Waals surface area contributed by atoms with Crippen LogP contribution in [0, 0.1) is 12.7 Å². The monoisotopic (exact) mass is 466 g/mol. The van der Waals surface area contributed by atoms with E-state index in [0.717, 1.165) is 38.4 Å². The van der Waals surface area contributed by atoms with E-state index in [1.807, 2.05) is 32.2 Å². The number of aromatic nitrogens is 2. The highest BCUT2D eigenvalue weighted by Gasteiger charge is 2.19. The molecule has 7 heteroatoms. The van der Waals surface area contributed by atoms with E-state index < -0.39 is 0 Å². The fraction of sp³-hybridized carbons (Fsp3) is 0.167. The van der Waals surface area contributed by atoms with Gasteiger partial charge in [-0.1, -0.05) is 34.1 Å². The highest BCUT2D eigenvalue weighted by Crippen LogP contribution is 2.39. The molecule has 0 unspecified atom stereocenters. The van der Waals surface area contributed by atoms with Gasteiger partial charge in [0.05, 0.1) is 11.4 Å². The lowest BCUT2D eigenvalue weighted by Crippen LogP contribution is -2.06. The van der Waals surface area contributed by atoms with Crippen LogP contribution in [0.25, 0.3) is 11.1 Å². The van der Waals surface area contributed by atoms with Gasteiger partial charge in [0.2, 0.25) is 0 Å². The van der Waals surface area contributed by atoms with Gasteiger partial charge in [0.25, 0.3) is 0 Å². The van der Waals surface area contributed by atoms with E-state index in [4.69, 9.17) is 5.73 Å². The molecule has 0 bridgehead atoms. The molecule has 0 fully saturated rings. The summed E-state index contributed by atoms with van der Waals surface area (Å²) in [6.45, 7) is 2.34. The summed E-state index contributed by atoms with van der Waals surface area (Å²) in [6.07, 6.45) is 0. The highest BCUT2D eigenvalue weighted by atomic mass is 79.9. The fourth-order valence-electron chi connectivity index (χ4n) is 2.81. The van der Waals surface area contributed by atoms with Crippen molar-refractivity contribution in [2.45, 2.75) is 13.5 Å². The Morgan fingerprint density at radius 3 is 2.64 bits per heavy atom. The fourth-order valence-corrected chi connectivity index (χ4v) is 3.87. The first-order valence-electron chi connectivity index (χ1n) is 7.66. The first-order valence-corrected chi connectivity index (χ1v) is 9.24. The molecule has 3 N–H and O–H groups in total. The van der Waals surface area contributed by atoms with Crippen LogP contribution >= 0.6 is 31.9 Å². The van der Waals surface area contributed by atoms with Crippen LogP contribution in [0.3, 0.4) is 0 Å². The molecule has 130 valence electrons. The van der Waals surface area contributed by atoms with Crippen molar-refractivity contribution in [2.24, 2.45) is 12.8 Å². The average Bonchev–Trinajstić information content (AvgIpc) is 2.83. The molecule has 4 nitrogen and oxygen atoms in total. The summed E-state index contributed by atoms with van der Waals surface area (Å²) in [5.74, 6) is 0.523. The molecular weight excluding hydrogens is 451 g/mol. The summed E-state index contributed by atoms with van der Waals surface area (Å²) in [5, 5.41) is 7.97. The Balaban J connectivity index is 2.16. The van der Waals surface area contributed by atoms with Gasteiger partial charge in [-0.15, -0.1) is 0 Å². The summed E-state index contributed by atoms with van der Waals surface area (Å²) in [4.78, 5) is 0. The van der Waals surface area contributed by atoms with Crippen molar-refractivity contribution in [3.8, 4) is 11.1 Å². The van der Waals surface area contributed by atoms with Crippen LogP contribution in [0.4, 0.5) is 15.9 Å². The Morgan fingerprint density at radius 2 is 1.96 bits per heavy atom. The second kappa shape index (κ2) is 7.27. The summed E-state index contributed by atoms with van der Waals surface area (Å²) in [6, 6.07) is 10.5. The molecule has 0 saturated heterocycles. The first kappa shape index (κ1) is 18.1. The third-order valence-electron chi connectivity index (χ3n) is 3.99.